The molecule has 5 aromatic carbocycles. The van der Waals surface area contributed by atoms with Crippen molar-refractivity contribution in [3.63, 3.8) is 0 Å². The van der Waals surface area contributed by atoms with Crippen LogP contribution in [0.5, 0.6) is 0 Å². The molecule has 0 aromatic heterocycles. The Kier molecular flexibility index (Phi) is 7.51. The number of nitrogen functional groups attached to an aromatic ring is 2. The molecule has 0 bridgehead atoms. The molecular formula is C35H34N2O2. The van der Waals surface area contributed by atoms with E-state index in [0.717, 1.165) is 38.9 Å². The topological polar surface area (TPSA) is 92.5 Å². The second-order valence-electron chi connectivity index (χ2n) is 10.2. The third-order valence-corrected chi connectivity index (χ3v) is 7.50. The van der Waals surface area contributed by atoms with Gasteiger partial charge in [-0.25, -0.2) is 0 Å². The first-order valence-corrected chi connectivity index (χ1v) is 13.2. The summed E-state index contributed by atoms with van der Waals surface area (Å²) in [7, 11) is 0. The normalized spacial score (nSPS) is 13.5. The summed E-state index contributed by atoms with van der Waals surface area (Å²) in [6.45, 7) is 3.95. The van der Waals surface area contributed by atoms with E-state index in [0.29, 0.717) is 22.5 Å². The Morgan fingerprint density at radius 1 is 0.462 bits per heavy atom. The van der Waals surface area contributed by atoms with Crippen LogP contribution in [0.3, 0.4) is 0 Å². The Balaban J connectivity index is 1.69. The molecule has 2 unspecified atom stereocenters. The van der Waals surface area contributed by atoms with Crippen LogP contribution in [0.2, 0.25) is 0 Å². The Labute approximate surface area is 230 Å². The van der Waals surface area contributed by atoms with Crippen molar-refractivity contribution in [2.45, 2.75) is 32.0 Å². The molecule has 39 heavy (non-hydrogen) atoms. The minimum absolute atomic E-state index is 0.173. The molecular weight excluding hydrogens is 480 g/mol. The molecule has 6 N–H and O–H groups in total. The molecule has 4 heteroatoms. The predicted molar refractivity (Wildman–Crippen MR) is 160 cm³/mol. The highest BCUT2D eigenvalue weighted by atomic mass is 16.3. The van der Waals surface area contributed by atoms with Gasteiger partial charge < -0.3 is 21.7 Å². The summed E-state index contributed by atoms with van der Waals surface area (Å²) in [6, 6.07) is 37.6. The summed E-state index contributed by atoms with van der Waals surface area (Å²) in [4.78, 5) is 0. The van der Waals surface area contributed by atoms with Crippen LogP contribution in [0.15, 0.2) is 115 Å². The van der Waals surface area contributed by atoms with Crippen molar-refractivity contribution in [3.05, 3.63) is 165 Å². The Morgan fingerprint density at radius 3 is 1.15 bits per heavy atom. The maximum atomic E-state index is 11.3. The minimum Gasteiger partial charge on any atom is -0.398 e. The largest absolute Gasteiger partial charge is 0.398 e. The third-order valence-electron chi connectivity index (χ3n) is 7.50. The van der Waals surface area contributed by atoms with E-state index >= 15 is 0 Å². The Hall–Kier alpha value is -4.38. The average Bonchev–Trinajstić information content (AvgIpc) is 2.97. The van der Waals surface area contributed by atoms with Gasteiger partial charge >= 0.3 is 0 Å². The van der Waals surface area contributed by atoms with Crippen molar-refractivity contribution in [1.29, 1.82) is 0 Å². The van der Waals surface area contributed by atoms with Crippen LogP contribution in [0.4, 0.5) is 11.4 Å². The number of hydrogen-bond acceptors (Lipinski definition) is 4. The summed E-state index contributed by atoms with van der Waals surface area (Å²) < 4.78 is 0. The van der Waals surface area contributed by atoms with Crippen LogP contribution < -0.4 is 11.5 Å². The van der Waals surface area contributed by atoms with Crippen molar-refractivity contribution in [2.24, 2.45) is 0 Å². The minimum atomic E-state index is -0.857. The van der Waals surface area contributed by atoms with E-state index in [2.05, 4.69) is 24.3 Å². The number of aliphatic hydroxyl groups excluding tert-OH is 2. The van der Waals surface area contributed by atoms with E-state index in [1.807, 2.05) is 105 Å². The first-order valence-electron chi connectivity index (χ1n) is 13.2. The molecule has 0 aliphatic heterocycles. The zero-order chi connectivity index (χ0) is 27.5. The molecule has 0 spiro atoms. The summed E-state index contributed by atoms with van der Waals surface area (Å²) >= 11 is 0. The van der Waals surface area contributed by atoms with Gasteiger partial charge in [-0.1, -0.05) is 103 Å². The number of benzene rings is 5. The number of aryl methyl sites for hydroxylation is 2. The summed E-state index contributed by atoms with van der Waals surface area (Å²) in [5, 5.41) is 22.7. The molecule has 5 aromatic rings. The molecule has 0 aliphatic carbocycles. The van der Waals surface area contributed by atoms with Gasteiger partial charge in [-0.2, -0.15) is 0 Å². The zero-order valence-electron chi connectivity index (χ0n) is 22.3. The fourth-order valence-corrected chi connectivity index (χ4v) is 5.35. The molecule has 4 nitrogen and oxygen atoms in total. The van der Waals surface area contributed by atoms with Gasteiger partial charge in [-0.15, -0.1) is 0 Å². The number of anilines is 2. The van der Waals surface area contributed by atoms with Crippen LogP contribution in [-0.2, 0) is 0 Å². The monoisotopic (exact) mass is 514 g/mol. The van der Waals surface area contributed by atoms with E-state index in [1.54, 1.807) is 0 Å². The number of hydrogen-bond donors (Lipinski definition) is 4. The lowest BCUT2D eigenvalue weighted by molar-refractivity contribution is 0.221. The molecule has 0 radical (unpaired) electrons. The third kappa shape index (κ3) is 5.30. The Bertz CT molecular complexity index is 1470. The Morgan fingerprint density at radius 2 is 0.795 bits per heavy atom. The number of nitrogens with two attached hydrogens (primary N) is 2. The van der Waals surface area contributed by atoms with Gasteiger partial charge in [0.15, 0.2) is 0 Å². The van der Waals surface area contributed by atoms with Gasteiger partial charge in [-0.05, 0) is 64.9 Å². The molecule has 0 heterocycles. The summed E-state index contributed by atoms with van der Waals surface area (Å²) in [5.41, 5.74) is 22.0. The maximum Gasteiger partial charge on any atom is 0.106 e. The molecule has 0 aliphatic rings. The molecule has 5 rings (SSSR count). The van der Waals surface area contributed by atoms with Crippen LogP contribution in [0.25, 0.3) is 0 Å². The van der Waals surface area contributed by atoms with Crippen LogP contribution >= 0.6 is 0 Å². The number of rotatable bonds is 7. The van der Waals surface area contributed by atoms with E-state index < -0.39 is 12.2 Å². The van der Waals surface area contributed by atoms with E-state index in [-0.39, 0.29) is 5.92 Å². The van der Waals surface area contributed by atoms with Gasteiger partial charge in [-0.3, -0.25) is 0 Å². The van der Waals surface area contributed by atoms with Gasteiger partial charge in [0.25, 0.3) is 0 Å². The smallest absolute Gasteiger partial charge is 0.106 e. The van der Waals surface area contributed by atoms with Crippen molar-refractivity contribution < 1.29 is 10.2 Å². The molecule has 0 amide bonds. The van der Waals surface area contributed by atoms with E-state index in [1.165, 1.54) is 0 Å². The second-order valence-corrected chi connectivity index (χ2v) is 10.2. The summed E-state index contributed by atoms with van der Waals surface area (Å²) in [6.07, 6.45) is -1.71. The van der Waals surface area contributed by atoms with Crippen molar-refractivity contribution in [3.8, 4) is 0 Å². The fourth-order valence-electron chi connectivity index (χ4n) is 5.35. The van der Waals surface area contributed by atoms with Crippen molar-refractivity contribution in [1.82, 2.24) is 0 Å². The predicted octanol–water partition coefficient (Wildman–Crippen LogP) is 6.81. The first-order chi connectivity index (χ1) is 18.8. The van der Waals surface area contributed by atoms with Gasteiger partial charge in [0, 0.05) is 28.4 Å². The quantitative estimate of drug-likeness (QED) is 0.142. The van der Waals surface area contributed by atoms with Crippen molar-refractivity contribution >= 4 is 11.4 Å². The van der Waals surface area contributed by atoms with E-state index in [9.17, 15) is 10.2 Å². The SMILES string of the molecule is Cc1cc(C(c2ccccc2)c2cc(C)c(N)c(C(O)c3ccccc3)c2)cc(C(O)c2ccccc2)c1N. The molecule has 0 fully saturated rings. The van der Waals surface area contributed by atoms with Crippen molar-refractivity contribution in [2.75, 3.05) is 11.5 Å². The molecule has 196 valence electrons. The highest BCUT2D eigenvalue weighted by molar-refractivity contribution is 5.63. The van der Waals surface area contributed by atoms with Crippen LogP contribution in [-0.4, -0.2) is 10.2 Å². The lowest BCUT2D eigenvalue weighted by atomic mass is 9.80. The lowest BCUT2D eigenvalue weighted by Gasteiger charge is -2.25. The number of aliphatic hydroxyl groups is 2. The molecule has 0 saturated heterocycles. The molecule has 0 saturated carbocycles. The second kappa shape index (κ2) is 11.2. The lowest BCUT2D eigenvalue weighted by Crippen LogP contribution is -2.12. The zero-order valence-corrected chi connectivity index (χ0v) is 22.3. The average molecular weight is 515 g/mol. The standard InChI is InChI=1S/C35H34N2O2/c1-22-18-27(20-29(32(22)36)34(38)25-14-8-4-9-15-25)31(24-12-6-3-7-13-24)28-19-23(2)33(37)30(21-28)35(39)26-16-10-5-11-17-26/h3-21,31,34-35,38-39H,36-37H2,1-2H3. The van der Waals surface area contributed by atoms with Crippen LogP contribution in [0, 0.1) is 13.8 Å². The van der Waals surface area contributed by atoms with Gasteiger partial charge in [0.1, 0.15) is 12.2 Å². The first kappa shape index (κ1) is 26.2. The molecule has 2 atom stereocenters. The highest BCUT2D eigenvalue weighted by Gasteiger charge is 2.25. The van der Waals surface area contributed by atoms with Gasteiger partial charge in [0.2, 0.25) is 0 Å². The summed E-state index contributed by atoms with van der Waals surface area (Å²) in [5.74, 6) is -0.173. The highest BCUT2D eigenvalue weighted by Crippen LogP contribution is 2.40. The van der Waals surface area contributed by atoms with Gasteiger partial charge in [0.05, 0.1) is 0 Å². The maximum absolute atomic E-state index is 11.3. The van der Waals surface area contributed by atoms with Crippen LogP contribution in [0.1, 0.15) is 68.2 Å². The fraction of sp³-hybridized carbons (Fsp3) is 0.143. The van der Waals surface area contributed by atoms with E-state index in [4.69, 9.17) is 11.5 Å².